The Hall–Kier alpha value is -0.110. The summed E-state index contributed by atoms with van der Waals surface area (Å²) in [6, 6.07) is 7.97. The smallest absolute Gasteiger partial charge is 0.207 e. The Bertz CT molecular complexity index is 700. The SMILES string of the molecule is O=S(=O)(NCc1ccc(Cl)s1)c1ccc(Cl)c(Br)c1. The molecule has 0 aliphatic rings. The highest BCUT2D eigenvalue weighted by Gasteiger charge is 2.15. The van der Waals surface area contributed by atoms with Gasteiger partial charge in [-0.3, -0.25) is 0 Å². The van der Waals surface area contributed by atoms with Crippen LogP contribution in [0.4, 0.5) is 0 Å². The summed E-state index contributed by atoms with van der Waals surface area (Å²) in [5, 5.41) is 0.462. The molecule has 102 valence electrons. The monoisotopic (exact) mass is 399 g/mol. The van der Waals surface area contributed by atoms with Crippen molar-refractivity contribution in [1.29, 1.82) is 0 Å². The molecule has 1 aromatic heterocycles. The topological polar surface area (TPSA) is 46.2 Å². The summed E-state index contributed by atoms with van der Waals surface area (Å²) in [6.07, 6.45) is 0. The van der Waals surface area contributed by atoms with Gasteiger partial charge >= 0.3 is 0 Å². The molecule has 3 nitrogen and oxygen atoms in total. The van der Waals surface area contributed by atoms with Gasteiger partial charge in [0.1, 0.15) is 0 Å². The lowest BCUT2D eigenvalue weighted by molar-refractivity contribution is 0.582. The summed E-state index contributed by atoms with van der Waals surface area (Å²) in [5.41, 5.74) is 0. The van der Waals surface area contributed by atoms with E-state index in [1.54, 1.807) is 12.1 Å². The van der Waals surface area contributed by atoms with Crippen molar-refractivity contribution < 1.29 is 8.42 Å². The van der Waals surface area contributed by atoms with Gasteiger partial charge in [0, 0.05) is 15.9 Å². The normalized spacial score (nSPS) is 11.7. The van der Waals surface area contributed by atoms with Crippen molar-refractivity contribution in [2.75, 3.05) is 0 Å². The molecule has 1 aromatic carbocycles. The minimum atomic E-state index is -3.56. The Kier molecular flexibility index (Phi) is 4.92. The van der Waals surface area contributed by atoms with Gasteiger partial charge in [-0.2, -0.15) is 0 Å². The third-order valence-electron chi connectivity index (χ3n) is 2.27. The molecule has 0 aliphatic carbocycles. The average Bonchev–Trinajstić information content (AvgIpc) is 2.76. The molecule has 0 fully saturated rings. The van der Waals surface area contributed by atoms with Gasteiger partial charge < -0.3 is 0 Å². The Labute approximate surface area is 133 Å². The van der Waals surface area contributed by atoms with Crippen LogP contribution in [0, 0.1) is 0 Å². The van der Waals surface area contributed by atoms with Crippen molar-refractivity contribution in [1.82, 2.24) is 4.72 Å². The molecule has 1 N–H and O–H groups in total. The van der Waals surface area contributed by atoms with E-state index in [4.69, 9.17) is 23.2 Å². The van der Waals surface area contributed by atoms with Crippen LogP contribution in [0.2, 0.25) is 9.36 Å². The molecule has 0 radical (unpaired) electrons. The minimum Gasteiger partial charge on any atom is -0.207 e. The molecule has 2 aromatic rings. The third-order valence-corrected chi connectivity index (χ3v) is 6.11. The molecule has 1 heterocycles. The van der Waals surface area contributed by atoms with Crippen LogP contribution in [-0.2, 0) is 16.6 Å². The zero-order valence-corrected chi connectivity index (χ0v) is 14.1. The second-order valence-corrected chi connectivity index (χ2v) is 8.43. The van der Waals surface area contributed by atoms with Gasteiger partial charge in [-0.05, 0) is 46.3 Å². The maximum atomic E-state index is 12.1. The van der Waals surface area contributed by atoms with Gasteiger partial charge in [0.05, 0.1) is 14.3 Å². The molecule has 0 saturated carbocycles. The fourth-order valence-electron chi connectivity index (χ4n) is 1.34. The largest absolute Gasteiger partial charge is 0.240 e. The number of sulfonamides is 1. The van der Waals surface area contributed by atoms with Gasteiger partial charge in [0.2, 0.25) is 10.0 Å². The fraction of sp³-hybridized carbons (Fsp3) is 0.0909. The zero-order chi connectivity index (χ0) is 14.0. The summed E-state index contributed by atoms with van der Waals surface area (Å²) >= 11 is 16.2. The quantitative estimate of drug-likeness (QED) is 0.831. The molecule has 8 heteroatoms. The van der Waals surface area contributed by atoms with Crippen LogP contribution >= 0.6 is 50.5 Å². The van der Waals surface area contributed by atoms with Crippen molar-refractivity contribution in [2.24, 2.45) is 0 Å². The summed E-state index contributed by atoms with van der Waals surface area (Å²) in [4.78, 5) is 1.01. The molecule has 19 heavy (non-hydrogen) atoms. The number of halogens is 3. The molecule has 0 aliphatic heterocycles. The number of benzene rings is 1. The first-order chi connectivity index (χ1) is 8.88. The van der Waals surface area contributed by atoms with Crippen LogP contribution in [0.5, 0.6) is 0 Å². The van der Waals surface area contributed by atoms with E-state index in [0.717, 1.165) is 4.88 Å². The van der Waals surface area contributed by atoms with Crippen molar-refractivity contribution in [3.63, 3.8) is 0 Å². The Balaban J connectivity index is 2.16. The molecular weight excluding hydrogens is 393 g/mol. The summed E-state index contributed by atoms with van der Waals surface area (Å²) in [7, 11) is -3.56. The van der Waals surface area contributed by atoms with Crippen molar-refractivity contribution >= 4 is 60.5 Å². The third kappa shape index (κ3) is 3.93. The highest BCUT2D eigenvalue weighted by Crippen LogP contribution is 2.26. The van der Waals surface area contributed by atoms with E-state index in [1.807, 2.05) is 0 Å². The van der Waals surface area contributed by atoms with Crippen LogP contribution in [0.15, 0.2) is 39.7 Å². The first-order valence-corrected chi connectivity index (χ1v) is 8.92. The van der Waals surface area contributed by atoms with Crippen molar-refractivity contribution in [3.8, 4) is 0 Å². The second kappa shape index (κ2) is 6.11. The molecular formula is C11H8BrCl2NO2S2. The maximum absolute atomic E-state index is 12.1. The zero-order valence-electron chi connectivity index (χ0n) is 9.36. The van der Waals surface area contributed by atoms with Gasteiger partial charge in [-0.1, -0.05) is 23.2 Å². The predicted molar refractivity (Wildman–Crippen MR) is 82.5 cm³/mol. The number of nitrogens with one attached hydrogen (secondary N) is 1. The molecule has 0 atom stereocenters. The number of rotatable bonds is 4. The van der Waals surface area contributed by atoms with Crippen LogP contribution in [0.3, 0.4) is 0 Å². The Morgan fingerprint density at radius 3 is 2.53 bits per heavy atom. The van der Waals surface area contributed by atoms with Crippen molar-refractivity contribution in [2.45, 2.75) is 11.4 Å². The van der Waals surface area contributed by atoms with Crippen LogP contribution in [0.25, 0.3) is 0 Å². The fourth-order valence-corrected chi connectivity index (χ4v) is 4.14. The van der Waals surface area contributed by atoms with E-state index in [-0.39, 0.29) is 11.4 Å². The molecule has 0 bridgehead atoms. The molecule has 0 saturated heterocycles. The van der Waals surface area contributed by atoms with Crippen LogP contribution < -0.4 is 4.72 Å². The van der Waals surface area contributed by atoms with Gasteiger partial charge in [-0.15, -0.1) is 11.3 Å². The van der Waals surface area contributed by atoms with Gasteiger partial charge in [0.25, 0.3) is 0 Å². The first kappa shape index (κ1) is 15.3. The summed E-state index contributed by atoms with van der Waals surface area (Å²) in [6.45, 7) is 0.208. The Morgan fingerprint density at radius 1 is 1.21 bits per heavy atom. The lowest BCUT2D eigenvalue weighted by Crippen LogP contribution is -2.22. The minimum absolute atomic E-state index is 0.159. The number of thiophene rings is 1. The number of hydrogen-bond acceptors (Lipinski definition) is 3. The van der Waals surface area contributed by atoms with Crippen molar-refractivity contribution in [3.05, 3.63) is 49.0 Å². The van der Waals surface area contributed by atoms with Crippen LogP contribution in [-0.4, -0.2) is 8.42 Å². The Morgan fingerprint density at radius 2 is 1.95 bits per heavy atom. The molecule has 0 spiro atoms. The lowest BCUT2D eigenvalue weighted by atomic mass is 10.4. The predicted octanol–water partition coefficient (Wildman–Crippen LogP) is 4.30. The van der Waals surface area contributed by atoms with E-state index in [1.165, 1.54) is 29.5 Å². The van der Waals surface area contributed by atoms with E-state index in [9.17, 15) is 8.42 Å². The maximum Gasteiger partial charge on any atom is 0.240 e. The highest BCUT2D eigenvalue weighted by atomic mass is 79.9. The number of hydrogen-bond donors (Lipinski definition) is 1. The first-order valence-electron chi connectivity index (χ1n) is 5.07. The lowest BCUT2D eigenvalue weighted by Gasteiger charge is -2.06. The standard InChI is InChI=1S/C11H8BrCl2NO2S2/c12-9-5-8(2-3-10(9)13)19(16,17)15-6-7-1-4-11(14)18-7/h1-5,15H,6H2. The van der Waals surface area contributed by atoms with E-state index in [2.05, 4.69) is 20.7 Å². The molecule has 2 rings (SSSR count). The molecule has 0 unspecified atom stereocenters. The van der Waals surface area contributed by atoms with E-state index in [0.29, 0.717) is 13.8 Å². The van der Waals surface area contributed by atoms with E-state index >= 15 is 0 Å². The summed E-state index contributed by atoms with van der Waals surface area (Å²) < 4.78 is 27.8. The second-order valence-electron chi connectivity index (χ2n) is 3.61. The van der Waals surface area contributed by atoms with Crippen LogP contribution in [0.1, 0.15) is 4.88 Å². The highest BCUT2D eigenvalue weighted by molar-refractivity contribution is 9.10. The average molecular weight is 401 g/mol. The van der Waals surface area contributed by atoms with Gasteiger partial charge in [-0.25, -0.2) is 13.1 Å². The van der Waals surface area contributed by atoms with Gasteiger partial charge in [0.15, 0.2) is 0 Å². The summed E-state index contributed by atoms with van der Waals surface area (Å²) in [5.74, 6) is 0. The van der Waals surface area contributed by atoms with E-state index < -0.39 is 10.0 Å². The molecule has 0 amide bonds.